The minimum absolute atomic E-state index is 0.166. The van der Waals surface area contributed by atoms with Gasteiger partial charge in [0.05, 0.1) is 11.8 Å². The molecule has 0 bridgehead atoms. The number of carbonyl (C=O) groups excluding carboxylic acids is 1. The Labute approximate surface area is 270 Å². The van der Waals surface area contributed by atoms with Gasteiger partial charge < -0.3 is 14.8 Å². The quantitative estimate of drug-likeness (QED) is 0.240. The van der Waals surface area contributed by atoms with Crippen molar-refractivity contribution in [2.75, 3.05) is 44.6 Å². The third kappa shape index (κ3) is 6.99. The summed E-state index contributed by atoms with van der Waals surface area (Å²) in [6.07, 6.45) is -2.53. The SMILES string of the molecule is Cc1nc(NC2CCN(Cc3ccc4c(cc(C#N)n4C[C@H](C)N4CCN(C=O)CC4)c3C)CC2)c2cc(CC(F)(F)F)sc2n1. The lowest BCUT2D eigenvalue weighted by Gasteiger charge is -2.36. The molecule has 244 valence electrons. The van der Waals surface area contributed by atoms with Gasteiger partial charge in [0.25, 0.3) is 0 Å². The maximum Gasteiger partial charge on any atom is 0.393 e. The fourth-order valence-electron chi connectivity index (χ4n) is 6.79. The number of aryl methyl sites for hydroxylation is 2. The summed E-state index contributed by atoms with van der Waals surface area (Å²) in [6.45, 7) is 12.5. The van der Waals surface area contributed by atoms with Crippen molar-refractivity contribution in [3.05, 3.63) is 51.8 Å². The van der Waals surface area contributed by atoms with Gasteiger partial charge in [-0.2, -0.15) is 18.4 Å². The predicted molar refractivity (Wildman–Crippen MR) is 174 cm³/mol. The lowest BCUT2D eigenvalue weighted by Crippen LogP contribution is -2.50. The highest BCUT2D eigenvalue weighted by Crippen LogP contribution is 2.34. The number of anilines is 1. The average molecular weight is 653 g/mol. The molecule has 2 saturated heterocycles. The Morgan fingerprint density at radius 2 is 1.83 bits per heavy atom. The van der Waals surface area contributed by atoms with Crippen molar-refractivity contribution in [3.8, 4) is 6.07 Å². The fraction of sp³-hybridized carbons (Fsp3) is 0.515. The van der Waals surface area contributed by atoms with Gasteiger partial charge in [-0.05, 0) is 62.9 Å². The number of nitrogens with one attached hydrogen (secondary N) is 1. The van der Waals surface area contributed by atoms with Crippen molar-refractivity contribution >= 4 is 44.7 Å². The van der Waals surface area contributed by atoms with Gasteiger partial charge in [0, 0.05) is 80.2 Å². The summed E-state index contributed by atoms with van der Waals surface area (Å²) in [7, 11) is 0. The molecule has 0 aliphatic carbocycles. The zero-order valence-corrected chi connectivity index (χ0v) is 27.2. The summed E-state index contributed by atoms with van der Waals surface area (Å²) in [5, 5.41) is 15.3. The van der Waals surface area contributed by atoms with Crippen molar-refractivity contribution in [3.63, 3.8) is 0 Å². The summed E-state index contributed by atoms with van der Waals surface area (Å²) in [4.78, 5) is 27.5. The lowest BCUT2D eigenvalue weighted by molar-refractivity contribution is -0.126. The molecule has 0 spiro atoms. The van der Waals surface area contributed by atoms with Gasteiger partial charge in [0.2, 0.25) is 6.41 Å². The number of thiophene rings is 1. The van der Waals surface area contributed by atoms with Gasteiger partial charge in [-0.15, -0.1) is 11.3 Å². The van der Waals surface area contributed by atoms with E-state index >= 15 is 0 Å². The summed E-state index contributed by atoms with van der Waals surface area (Å²) in [5.41, 5.74) is 4.15. The van der Waals surface area contributed by atoms with E-state index < -0.39 is 12.6 Å². The Balaban J connectivity index is 1.10. The molecule has 1 atom stereocenters. The van der Waals surface area contributed by atoms with E-state index in [1.54, 1.807) is 17.9 Å². The number of hydrogen-bond acceptors (Lipinski definition) is 8. The van der Waals surface area contributed by atoms with Crippen molar-refractivity contribution in [1.29, 1.82) is 5.26 Å². The maximum absolute atomic E-state index is 13.0. The van der Waals surface area contributed by atoms with Crippen molar-refractivity contribution in [1.82, 2.24) is 29.2 Å². The van der Waals surface area contributed by atoms with E-state index in [9.17, 15) is 23.2 Å². The van der Waals surface area contributed by atoms with Crippen LogP contribution in [0.4, 0.5) is 19.0 Å². The number of amides is 1. The number of nitrogens with zero attached hydrogens (tertiary/aromatic N) is 7. The Kier molecular flexibility index (Phi) is 9.23. The molecule has 1 N–H and O–H groups in total. The Hall–Kier alpha value is -3.73. The van der Waals surface area contributed by atoms with Gasteiger partial charge in [0.1, 0.15) is 28.2 Å². The molecule has 3 aromatic heterocycles. The Morgan fingerprint density at radius 1 is 1.09 bits per heavy atom. The molecular formula is C33H39F3N8OS. The average Bonchev–Trinajstić information content (AvgIpc) is 3.59. The number of alkyl halides is 3. The third-order valence-corrected chi connectivity index (χ3v) is 10.4. The molecule has 1 amide bonds. The van der Waals surface area contributed by atoms with E-state index in [0.717, 1.165) is 87.3 Å². The van der Waals surface area contributed by atoms with Gasteiger partial charge in [-0.3, -0.25) is 14.6 Å². The van der Waals surface area contributed by atoms with Crippen LogP contribution < -0.4 is 5.32 Å². The van der Waals surface area contributed by atoms with Gasteiger partial charge in [-0.1, -0.05) is 6.07 Å². The summed E-state index contributed by atoms with van der Waals surface area (Å²) in [5.74, 6) is 1.15. The van der Waals surface area contributed by atoms with E-state index in [2.05, 4.69) is 61.7 Å². The van der Waals surface area contributed by atoms with E-state index in [1.165, 1.54) is 11.1 Å². The van der Waals surface area contributed by atoms with Crippen LogP contribution in [0.25, 0.3) is 21.1 Å². The first-order chi connectivity index (χ1) is 22.0. The van der Waals surface area contributed by atoms with Crippen LogP contribution in [0.1, 0.15) is 47.3 Å². The number of carbonyl (C=O) groups is 1. The van der Waals surface area contributed by atoms with Crippen LogP contribution in [-0.4, -0.2) is 93.2 Å². The minimum Gasteiger partial charge on any atom is -0.367 e. The van der Waals surface area contributed by atoms with Crippen molar-refractivity contribution < 1.29 is 18.0 Å². The fourth-order valence-corrected chi connectivity index (χ4v) is 7.89. The summed E-state index contributed by atoms with van der Waals surface area (Å²) < 4.78 is 41.2. The second-order valence-electron chi connectivity index (χ2n) is 12.6. The second kappa shape index (κ2) is 13.2. The topological polar surface area (TPSA) is 93.3 Å². The molecule has 4 aromatic rings. The highest BCUT2D eigenvalue weighted by Gasteiger charge is 2.30. The molecule has 6 rings (SSSR count). The van der Waals surface area contributed by atoms with Crippen LogP contribution in [0.15, 0.2) is 24.3 Å². The molecule has 2 fully saturated rings. The number of rotatable bonds is 9. The van der Waals surface area contributed by atoms with Crippen LogP contribution in [-0.2, 0) is 24.3 Å². The number of hydrogen-bond donors (Lipinski definition) is 1. The van der Waals surface area contributed by atoms with Crippen LogP contribution >= 0.6 is 11.3 Å². The molecule has 0 radical (unpaired) electrons. The molecule has 2 aliphatic rings. The molecular weight excluding hydrogens is 613 g/mol. The molecule has 0 unspecified atom stereocenters. The monoisotopic (exact) mass is 652 g/mol. The first kappa shape index (κ1) is 32.2. The highest BCUT2D eigenvalue weighted by atomic mass is 32.1. The number of fused-ring (bicyclic) bond motifs is 2. The van der Waals surface area contributed by atoms with Crippen molar-refractivity contribution in [2.45, 2.75) is 71.4 Å². The molecule has 9 nitrogen and oxygen atoms in total. The Morgan fingerprint density at radius 3 is 2.50 bits per heavy atom. The zero-order valence-electron chi connectivity index (χ0n) is 26.4. The van der Waals surface area contributed by atoms with E-state index in [1.807, 2.05) is 6.07 Å². The number of aromatic nitrogens is 3. The highest BCUT2D eigenvalue weighted by molar-refractivity contribution is 7.18. The normalized spacial score (nSPS) is 17.9. The predicted octanol–water partition coefficient (Wildman–Crippen LogP) is 5.48. The van der Waals surface area contributed by atoms with Crippen LogP contribution in [0.2, 0.25) is 0 Å². The number of benzene rings is 1. The smallest absolute Gasteiger partial charge is 0.367 e. The van der Waals surface area contributed by atoms with Gasteiger partial charge in [-0.25, -0.2) is 9.97 Å². The molecule has 2 aliphatic heterocycles. The molecule has 5 heterocycles. The van der Waals surface area contributed by atoms with Gasteiger partial charge >= 0.3 is 6.18 Å². The van der Waals surface area contributed by atoms with Crippen LogP contribution in [0.3, 0.4) is 0 Å². The standard InChI is InChI=1S/C33H39F3N8OS/c1-21(43-12-10-42(20-45)11-13-43)18-44-26(17-37)14-28-22(2)24(4-5-30(28)44)19-41-8-6-25(7-9-41)40-31-29-15-27(16-33(34,35)36)46-32(29)39-23(3)38-31/h4-5,14-15,20-21,25H,6-13,16,18-19H2,1-3H3,(H,38,39,40)/t21-/m0/s1. The number of likely N-dealkylation sites (tertiary alicyclic amines) is 1. The number of nitriles is 1. The van der Waals surface area contributed by atoms with E-state index in [4.69, 9.17) is 0 Å². The van der Waals surface area contributed by atoms with Crippen LogP contribution in [0, 0.1) is 25.2 Å². The van der Waals surface area contributed by atoms with Crippen LogP contribution in [0.5, 0.6) is 0 Å². The maximum atomic E-state index is 13.0. The number of piperidine rings is 1. The lowest BCUT2D eigenvalue weighted by atomic mass is 10.0. The first-order valence-electron chi connectivity index (χ1n) is 15.8. The van der Waals surface area contributed by atoms with E-state index in [-0.39, 0.29) is 17.0 Å². The zero-order chi connectivity index (χ0) is 32.6. The number of piperazine rings is 1. The van der Waals surface area contributed by atoms with Gasteiger partial charge in [0.15, 0.2) is 0 Å². The molecule has 1 aromatic carbocycles. The Bertz CT molecular complexity index is 1760. The third-order valence-electron chi connectivity index (χ3n) is 9.40. The molecule has 13 heteroatoms. The first-order valence-corrected chi connectivity index (χ1v) is 16.6. The summed E-state index contributed by atoms with van der Waals surface area (Å²) >= 11 is 1.08. The summed E-state index contributed by atoms with van der Waals surface area (Å²) in [6, 6.07) is 10.7. The number of halogens is 3. The second-order valence-corrected chi connectivity index (χ2v) is 13.7. The molecule has 0 saturated carbocycles. The molecule has 46 heavy (non-hydrogen) atoms. The van der Waals surface area contributed by atoms with Crippen molar-refractivity contribution in [2.24, 2.45) is 0 Å². The van der Waals surface area contributed by atoms with E-state index in [0.29, 0.717) is 34.1 Å². The minimum atomic E-state index is -4.26. The largest absolute Gasteiger partial charge is 0.393 e.